The van der Waals surface area contributed by atoms with Crippen molar-refractivity contribution >= 4 is 5.97 Å². The van der Waals surface area contributed by atoms with E-state index in [-0.39, 0.29) is 11.4 Å². The Kier molecular flexibility index (Phi) is 4.58. The lowest BCUT2D eigenvalue weighted by molar-refractivity contribution is -0.153. The molecule has 0 aliphatic carbocycles. The maximum absolute atomic E-state index is 11.7. The molecule has 3 heteroatoms. The molecule has 1 atom stereocenters. The average Bonchev–Trinajstić information content (AvgIpc) is 2.60. The summed E-state index contributed by atoms with van der Waals surface area (Å²) in [5.41, 5.74) is -0.280. The maximum atomic E-state index is 11.7. The van der Waals surface area contributed by atoms with Crippen molar-refractivity contribution in [2.24, 2.45) is 11.3 Å². The van der Waals surface area contributed by atoms with E-state index in [2.05, 4.69) is 19.2 Å². The summed E-state index contributed by atoms with van der Waals surface area (Å²) in [6.45, 7) is 8.62. The Balaban J connectivity index is 2.18. The zero-order valence-electron chi connectivity index (χ0n) is 10.1. The third-order valence-electron chi connectivity index (χ3n) is 3.02. The minimum Gasteiger partial charge on any atom is -0.465 e. The number of nitrogens with one attached hydrogen (secondary N) is 1. The van der Waals surface area contributed by atoms with E-state index in [0.717, 1.165) is 32.4 Å². The van der Waals surface area contributed by atoms with Crippen molar-refractivity contribution in [1.29, 1.82) is 0 Å². The van der Waals surface area contributed by atoms with Gasteiger partial charge in [0.05, 0.1) is 12.0 Å². The molecular formula is C12H23NO2. The second kappa shape index (κ2) is 5.50. The molecule has 1 saturated heterocycles. The second-order valence-electron chi connectivity index (χ2n) is 5.16. The van der Waals surface area contributed by atoms with Crippen LogP contribution in [0.3, 0.4) is 0 Å². The molecule has 1 unspecified atom stereocenters. The van der Waals surface area contributed by atoms with Gasteiger partial charge in [-0.05, 0) is 38.6 Å². The third-order valence-corrected chi connectivity index (χ3v) is 3.02. The van der Waals surface area contributed by atoms with Gasteiger partial charge in [-0.15, -0.1) is 0 Å². The molecule has 15 heavy (non-hydrogen) atoms. The van der Waals surface area contributed by atoms with E-state index < -0.39 is 0 Å². The number of ether oxygens (including phenoxy) is 1. The molecular weight excluding hydrogens is 190 g/mol. The largest absolute Gasteiger partial charge is 0.465 e. The molecule has 1 aliphatic heterocycles. The first kappa shape index (κ1) is 12.5. The summed E-state index contributed by atoms with van der Waals surface area (Å²) in [7, 11) is 0. The van der Waals surface area contributed by atoms with Crippen LogP contribution in [-0.4, -0.2) is 25.7 Å². The molecule has 3 nitrogen and oxygen atoms in total. The van der Waals surface area contributed by atoms with Crippen LogP contribution < -0.4 is 5.32 Å². The number of hydrogen-bond acceptors (Lipinski definition) is 3. The van der Waals surface area contributed by atoms with Crippen molar-refractivity contribution in [3.05, 3.63) is 0 Å². The van der Waals surface area contributed by atoms with Crippen molar-refractivity contribution in [2.45, 2.75) is 40.0 Å². The quantitative estimate of drug-likeness (QED) is 0.560. The molecule has 1 aliphatic rings. The van der Waals surface area contributed by atoms with Crippen LogP contribution in [0.4, 0.5) is 0 Å². The van der Waals surface area contributed by atoms with Crippen LogP contribution in [0.25, 0.3) is 0 Å². The highest BCUT2D eigenvalue weighted by Crippen LogP contribution is 2.26. The smallest absolute Gasteiger partial charge is 0.313 e. The van der Waals surface area contributed by atoms with Gasteiger partial charge in [-0.1, -0.05) is 13.8 Å². The van der Waals surface area contributed by atoms with E-state index >= 15 is 0 Å². The number of carbonyl (C=O) groups is 1. The van der Waals surface area contributed by atoms with E-state index in [1.54, 1.807) is 0 Å². The SMILES string of the molecule is CC(C)CCCOC(=O)C1(C)CCNC1. The summed E-state index contributed by atoms with van der Waals surface area (Å²) in [6.07, 6.45) is 3.01. The van der Waals surface area contributed by atoms with Crippen LogP contribution in [0.1, 0.15) is 40.0 Å². The van der Waals surface area contributed by atoms with Crippen LogP contribution in [0.5, 0.6) is 0 Å². The van der Waals surface area contributed by atoms with Crippen LogP contribution in [0.15, 0.2) is 0 Å². The van der Waals surface area contributed by atoms with Gasteiger partial charge in [-0.3, -0.25) is 4.79 Å². The third kappa shape index (κ3) is 3.82. The standard InChI is InChI=1S/C12H23NO2/c1-10(2)5-4-8-15-11(14)12(3)6-7-13-9-12/h10,13H,4-9H2,1-3H3. The molecule has 0 radical (unpaired) electrons. The fourth-order valence-corrected chi connectivity index (χ4v) is 1.82. The summed E-state index contributed by atoms with van der Waals surface area (Å²) < 4.78 is 5.30. The summed E-state index contributed by atoms with van der Waals surface area (Å²) in [5.74, 6) is 0.656. The van der Waals surface area contributed by atoms with Crippen molar-refractivity contribution in [1.82, 2.24) is 5.32 Å². The fraction of sp³-hybridized carbons (Fsp3) is 0.917. The van der Waals surface area contributed by atoms with E-state index in [4.69, 9.17) is 4.74 Å². The first-order valence-electron chi connectivity index (χ1n) is 5.92. The van der Waals surface area contributed by atoms with E-state index in [9.17, 15) is 4.79 Å². The van der Waals surface area contributed by atoms with Crippen molar-refractivity contribution in [2.75, 3.05) is 19.7 Å². The molecule has 1 heterocycles. The Hall–Kier alpha value is -0.570. The molecule has 0 saturated carbocycles. The number of carbonyl (C=O) groups excluding carboxylic acids is 1. The van der Waals surface area contributed by atoms with Crippen molar-refractivity contribution < 1.29 is 9.53 Å². The van der Waals surface area contributed by atoms with Gasteiger partial charge >= 0.3 is 5.97 Å². The topological polar surface area (TPSA) is 38.3 Å². The lowest BCUT2D eigenvalue weighted by atomic mass is 9.90. The summed E-state index contributed by atoms with van der Waals surface area (Å²) in [4.78, 5) is 11.7. The first-order valence-corrected chi connectivity index (χ1v) is 5.92. The van der Waals surface area contributed by atoms with Gasteiger partial charge in [0.25, 0.3) is 0 Å². The Morgan fingerprint density at radius 2 is 2.27 bits per heavy atom. The molecule has 1 rings (SSSR count). The minimum atomic E-state index is -0.280. The Labute approximate surface area is 92.6 Å². The number of hydrogen-bond donors (Lipinski definition) is 1. The van der Waals surface area contributed by atoms with Gasteiger partial charge in [0.1, 0.15) is 0 Å². The Morgan fingerprint density at radius 3 is 2.80 bits per heavy atom. The van der Waals surface area contributed by atoms with Gasteiger partial charge in [0.2, 0.25) is 0 Å². The van der Waals surface area contributed by atoms with E-state index in [1.807, 2.05) is 6.92 Å². The Bertz CT molecular complexity index is 208. The van der Waals surface area contributed by atoms with Gasteiger partial charge in [0, 0.05) is 6.54 Å². The highest BCUT2D eigenvalue weighted by atomic mass is 16.5. The zero-order valence-corrected chi connectivity index (χ0v) is 10.1. The van der Waals surface area contributed by atoms with Crippen LogP contribution in [-0.2, 0) is 9.53 Å². The average molecular weight is 213 g/mol. The van der Waals surface area contributed by atoms with Gasteiger partial charge in [0.15, 0.2) is 0 Å². The van der Waals surface area contributed by atoms with Gasteiger partial charge < -0.3 is 10.1 Å². The first-order chi connectivity index (χ1) is 7.04. The predicted molar refractivity (Wildman–Crippen MR) is 60.6 cm³/mol. The molecule has 0 aromatic heterocycles. The lowest BCUT2D eigenvalue weighted by Gasteiger charge is -2.20. The molecule has 1 fully saturated rings. The van der Waals surface area contributed by atoms with E-state index in [0.29, 0.717) is 12.5 Å². The molecule has 0 aromatic carbocycles. The van der Waals surface area contributed by atoms with Gasteiger partial charge in [-0.2, -0.15) is 0 Å². The maximum Gasteiger partial charge on any atom is 0.313 e. The highest BCUT2D eigenvalue weighted by molar-refractivity contribution is 5.77. The Morgan fingerprint density at radius 1 is 1.53 bits per heavy atom. The number of esters is 1. The molecule has 0 bridgehead atoms. The fourth-order valence-electron chi connectivity index (χ4n) is 1.82. The minimum absolute atomic E-state index is 0.0312. The molecule has 1 N–H and O–H groups in total. The lowest BCUT2D eigenvalue weighted by Crippen LogP contribution is -2.32. The van der Waals surface area contributed by atoms with Crippen LogP contribution in [0, 0.1) is 11.3 Å². The van der Waals surface area contributed by atoms with Crippen molar-refractivity contribution in [3.8, 4) is 0 Å². The molecule has 0 aromatic rings. The van der Waals surface area contributed by atoms with Crippen LogP contribution in [0.2, 0.25) is 0 Å². The molecule has 88 valence electrons. The van der Waals surface area contributed by atoms with Crippen LogP contribution >= 0.6 is 0 Å². The summed E-state index contributed by atoms with van der Waals surface area (Å²) in [5, 5.41) is 3.20. The zero-order chi connectivity index (χ0) is 11.3. The molecule has 0 spiro atoms. The van der Waals surface area contributed by atoms with Crippen molar-refractivity contribution in [3.63, 3.8) is 0 Å². The van der Waals surface area contributed by atoms with E-state index in [1.165, 1.54) is 0 Å². The molecule has 0 amide bonds. The summed E-state index contributed by atoms with van der Waals surface area (Å²) >= 11 is 0. The second-order valence-corrected chi connectivity index (χ2v) is 5.16. The monoisotopic (exact) mass is 213 g/mol. The predicted octanol–water partition coefficient (Wildman–Crippen LogP) is 1.97. The highest BCUT2D eigenvalue weighted by Gasteiger charge is 2.37. The number of rotatable bonds is 5. The summed E-state index contributed by atoms with van der Waals surface area (Å²) in [6, 6.07) is 0. The normalized spacial score (nSPS) is 25.9. The van der Waals surface area contributed by atoms with Gasteiger partial charge in [-0.25, -0.2) is 0 Å².